The van der Waals surface area contributed by atoms with Gasteiger partial charge < -0.3 is 19.7 Å². The molecule has 2 N–H and O–H groups in total. The minimum Gasteiger partial charge on any atom is -0.507 e. The van der Waals surface area contributed by atoms with Crippen molar-refractivity contribution < 1.29 is 29.3 Å². The number of phenols is 1. The number of carbonyl (C=O) groups excluding carboxylic acids is 1. The van der Waals surface area contributed by atoms with Crippen LogP contribution in [0, 0.1) is 0 Å². The second-order valence-electron chi connectivity index (χ2n) is 6.90. The summed E-state index contributed by atoms with van der Waals surface area (Å²) in [7, 11) is 1.58. The largest absolute Gasteiger partial charge is 0.507 e. The van der Waals surface area contributed by atoms with E-state index in [2.05, 4.69) is 0 Å². The third-order valence-corrected chi connectivity index (χ3v) is 3.91. The molecule has 0 saturated heterocycles. The molecule has 0 atom stereocenters. The number of hydrogen-bond acceptors (Lipinski definition) is 5. The molecule has 2 rings (SSSR count). The highest BCUT2D eigenvalue weighted by atomic mass is 16.5. The van der Waals surface area contributed by atoms with Gasteiger partial charge in [0.05, 0.1) is 12.7 Å². The Morgan fingerprint density at radius 1 is 1.08 bits per heavy atom. The molecule has 2 aromatic carbocycles. The molecule has 138 valence electrons. The summed E-state index contributed by atoms with van der Waals surface area (Å²) in [4.78, 5) is 23.2. The van der Waals surface area contributed by atoms with Gasteiger partial charge in [-0.2, -0.15) is 0 Å². The first-order chi connectivity index (χ1) is 12.1. The van der Waals surface area contributed by atoms with Crippen LogP contribution in [-0.2, 0) is 16.8 Å². The van der Waals surface area contributed by atoms with Gasteiger partial charge in [-0.3, -0.25) is 0 Å². The quantitative estimate of drug-likeness (QED) is 0.791. The van der Waals surface area contributed by atoms with Crippen molar-refractivity contribution in [2.75, 3.05) is 7.11 Å². The molecule has 0 aliphatic carbocycles. The van der Waals surface area contributed by atoms with Gasteiger partial charge in [-0.1, -0.05) is 26.8 Å². The van der Waals surface area contributed by atoms with E-state index in [1.54, 1.807) is 25.3 Å². The molecule has 0 saturated carbocycles. The Bertz CT molecular complexity index is 833. The van der Waals surface area contributed by atoms with Gasteiger partial charge in [-0.05, 0) is 41.3 Å². The summed E-state index contributed by atoms with van der Waals surface area (Å²) in [6.07, 6.45) is 0. The number of carboxylic acid groups (broad SMARTS) is 1. The molecule has 0 spiro atoms. The number of ether oxygens (including phenoxy) is 2. The number of aromatic hydroxyl groups is 1. The van der Waals surface area contributed by atoms with E-state index in [4.69, 9.17) is 14.6 Å². The standard InChI is InChI=1S/C20H22O6/c1-20(2,3)15-10-13(6-8-17(15)25-4)19(24)26-11-12-5-7-14(18(22)23)16(21)9-12/h5-10,21H,11H2,1-4H3,(H,22,23). The van der Waals surface area contributed by atoms with Crippen LogP contribution in [-0.4, -0.2) is 29.3 Å². The van der Waals surface area contributed by atoms with Gasteiger partial charge in [-0.15, -0.1) is 0 Å². The maximum absolute atomic E-state index is 12.3. The van der Waals surface area contributed by atoms with Crippen molar-refractivity contribution in [2.45, 2.75) is 32.8 Å². The lowest BCUT2D eigenvalue weighted by Gasteiger charge is -2.22. The van der Waals surface area contributed by atoms with Crippen LogP contribution < -0.4 is 4.74 Å². The zero-order chi connectivity index (χ0) is 19.5. The molecule has 2 aromatic rings. The summed E-state index contributed by atoms with van der Waals surface area (Å²) in [6, 6.07) is 9.13. The Morgan fingerprint density at radius 2 is 1.77 bits per heavy atom. The Labute approximate surface area is 152 Å². The van der Waals surface area contributed by atoms with Crippen LogP contribution in [0.3, 0.4) is 0 Å². The van der Waals surface area contributed by atoms with Crippen molar-refractivity contribution in [3.63, 3.8) is 0 Å². The smallest absolute Gasteiger partial charge is 0.339 e. The minimum atomic E-state index is -1.22. The molecule has 0 fully saturated rings. The van der Waals surface area contributed by atoms with Crippen LogP contribution in [0.5, 0.6) is 11.5 Å². The first kappa shape index (κ1) is 19.3. The van der Waals surface area contributed by atoms with Crippen LogP contribution in [0.2, 0.25) is 0 Å². The zero-order valence-corrected chi connectivity index (χ0v) is 15.2. The molecule has 6 nitrogen and oxygen atoms in total. The fourth-order valence-electron chi connectivity index (χ4n) is 2.50. The highest BCUT2D eigenvalue weighted by Crippen LogP contribution is 2.32. The number of aromatic carboxylic acids is 1. The number of methoxy groups -OCH3 is 1. The molecule has 0 aliphatic heterocycles. The van der Waals surface area contributed by atoms with Gasteiger partial charge in [0, 0.05) is 5.56 Å². The predicted molar refractivity (Wildman–Crippen MR) is 95.9 cm³/mol. The SMILES string of the molecule is COc1ccc(C(=O)OCc2ccc(C(=O)O)c(O)c2)cc1C(C)(C)C. The molecule has 0 unspecified atom stereocenters. The molecule has 6 heteroatoms. The van der Waals surface area contributed by atoms with Gasteiger partial charge in [0.1, 0.15) is 23.7 Å². The summed E-state index contributed by atoms with van der Waals surface area (Å²) in [5.74, 6) is -1.41. The Balaban J connectivity index is 2.16. The summed E-state index contributed by atoms with van der Waals surface area (Å²) in [6.45, 7) is 5.98. The van der Waals surface area contributed by atoms with Gasteiger partial charge >= 0.3 is 11.9 Å². The van der Waals surface area contributed by atoms with Gasteiger partial charge in [0.2, 0.25) is 0 Å². The first-order valence-corrected chi connectivity index (χ1v) is 8.04. The van der Waals surface area contributed by atoms with Crippen LogP contribution in [0.1, 0.15) is 52.6 Å². The lowest BCUT2D eigenvalue weighted by atomic mass is 9.85. The summed E-state index contributed by atoms with van der Waals surface area (Å²) < 4.78 is 10.6. The van der Waals surface area contributed by atoms with Crippen molar-refractivity contribution >= 4 is 11.9 Å². The van der Waals surface area contributed by atoms with Crippen molar-refractivity contribution in [3.8, 4) is 11.5 Å². The van der Waals surface area contributed by atoms with Crippen LogP contribution >= 0.6 is 0 Å². The van der Waals surface area contributed by atoms with Crippen LogP contribution in [0.25, 0.3) is 0 Å². The molecular weight excluding hydrogens is 336 g/mol. The van der Waals surface area contributed by atoms with E-state index < -0.39 is 11.9 Å². The molecule has 0 heterocycles. The third-order valence-electron chi connectivity index (χ3n) is 3.91. The van der Waals surface area contributed by atoms with E-state index in [1.807, 2.05) is 20.8 Å². The topological polar surface area (TPSA) is 93.1 Å². The first-order valence-electron chi connectivity index (χ1n) is 8.04. The number of rotatable bonds is 5. The molecular formula is C20H22O6. The fourth-order valence-corrected chi connectivity index (χ4v) is 2.50. The molecule has 0 aliphatic rings. The summed E-state index contributed by atoms with van der Waals surface area (Å²) in [5, 5.41) is 18.6. The minimum absolute atomic E-state index is 0.0802. The van der Waals surface area contributed by atoms with Crippen molar-refractivity contribution in [1.29, 1.82) is 0 Å². The average molecular weight is 358 g/mol. The normalized spacial score (nSPS) is 11.1. The Hall–Kier alpha value is -3.02. The number of hydrogen-bond donors (Lipinski definition) is 2. The third kappa shape index (κ3) is 4.33. The van der Waals surface area contributed by atoms with Gasteiger partial charge in [0.15, 0.2) is 0 Å². The highest BCUT2D eigenvalue weighted by molar-refractivity contribution is 5.91. The Kier molecular flexibility index (Phi) is 5.55. The number of esters is 1. The summed E-state index contributed by atoms with van der Waals surface area (Å²) in [5.41, 5.74) is 1.36. The average Bonchev–Trinajstić information content (AvgIpc) is 2.58. The number of benzene rings is 2. The highest BCUT2D eigenvalue weighted by Gasteiger charge is 2.21. The molecule has 0 radical (unpaired) electrons. The lowest BCUT2D eigenvalue weighted by molar-refractivity contribution is 0.0471. The van der Waals surface area contributed by atoms with Crippen molar-refractivity contribution in [2.24, 2.45) is 0 Å². The molecule has 0 amide bonds. The number of carbonyl (C=O) groups is 2. The van der Waals surface area contributed by atoms with Gasteiger partial charge in [-0.25, -0.2) is 9.59 Å². The van der Waals surface area contributed by atoms with Gasteiger partial charge in [0.25, 0.3) is 0 Å². The number of carboxylic acids is 1. The van der Waals surface area contributed by atoms with E-state index in [0.29, 0.717) is 16.9 Å². The van der Waals surface area contributed by atoms with Crippen molar-refractivity contribution in [1.82, 2.24) is 0 Å². The van der Waals surface area contributed by atoms with Crippen LogP contribution in [0.15, 0.2) is 36.4 Å². The molecule has 26 heavy (non-hydrogen) atoms. The maximum atomic E-state index is 12.3. The molecule has 0 bridgehead atoms. The van der Waals surface area contributed by atoms with E-state index in [-0.39, 0.29) is 23.3 Å². The van der Waals surface area contributed by atoms with E-state index >= 15 is 0 Å². The monoisotopic (exact) mass is 358 g/mol. The molecule has 0 aromatic heterocycles. The predicted octanol–water partition coefficient (Wildman–Crippen LogP) is 3.75. The zero-order valence-electron chi connectivity index (χ0n) is 15.2. The van der Waals surface area contributed by atoms with E-state index in [9.17, 15) is 14.7 Å². The maximum Gasteiger partial charge on any atom is 0.339 e. The van der Waals surface area contributed by atoms with Crippen molar-refractivity contribution in [3.05, 3.63) is 58.7 Å². The summed E-state index contributed by atoms with van der Waals surface area (Å²) >= 11 is 0. The van der Waals surface area contributed by atoms with E-state index in [0.717, 1.165) is 5.56 Å². The second kappa shape index (κ2) is 7.47. The second-order valence-corrected chi connectivity index (χ2v) is 6.90. The Morgan fingerprint density at radius 3 is 2.31 bits per heavy atom. The van der Waals surface area contributed by atoms with Crippen LogP contribution in [0.4, 0.5) is 0 Å². The van der Waals surface area contributed by atoms with E-state index in [1.165, 1.54) is 18.2 Å². The fraction of sp³-hybridized carbons (Fsp3) is 0.300. The lowest BCUT2D eigenvalue weighted by Crippen LogP contribution is -2.15.